The van der Waals surface area contributed by atoms with Gasteiger partial charge in [-0.2, -0.15) is 0 Å². The van der Waals surface area contributed by atoms with Crippen molar-refractivity contribution in [2.45, 2.75) is 40.0 Å². The predicted octanol–water partition coefficient (Wildman–Crippen LogP) is 5.01. The molecule has 6 nitrogen and oxygen atoms in total. The van der Waals surface area contributed by atoms with Crippen molar-refractivity contribution in [1.29, 1.82) is 0 Å². The van der Waals surface area contributed by atoms with Crippen LogP contribution in [0.25, 0.3) is 11.5 Å². The van der Waals surface area contributed by atoms with Gasteiger partial charge in [0.05, 0.1) is 18.4 Å². The number of carbonyl (C=O) groups excluding carboxylic acids is 2. The Morgan fingerprint density at radius 3 is 2.18 bits per heavy atom. The number of ether oxygens (including phenoxy) is 1. The third-order valence-corrected chi connectivity index (χ3v) is 3.81. The molecule has 0 bridgehead atoms. The smallest absolute Gasteiger partial charge is 0.338 e. The van der Waals surface area contributed by atoms with E-state index in [1.807, 2.05) is 20.8 Å². The van der Waals surface area contributed by atoms with Crippen molar-refractivity contribution in [2.24, 2.45) is 0 Å². The summed E-state index contributed by atoms with van der Waals surface area (Å²) in [5.74, 6) is -0.194. The van der Waals surface area contributed by atoms with Gasteiger partial charge in [-0.25, -0.2) is 9.78 Å². The van der Waals surface area contributed by atoms with E-state index in [0.29, 0.717) is 42.3 Å². The van der Waals surface area contributed by atoms with Crippen molar-refractivity contribution >= 4 is 36.7 Å². The lowest BCUT2D eigenvalue weighted by atomic mass is 10.0. The molecule has 0 saturated heterocycles. The molecule has 0 N–H and O–H groups in total. The first kappa shape index (κ1) is 26.0. The Balaban J connectivity index is 0.00000364. The van der Waals surface area contributed by atoms with Gasteiger partial charge in [-0.05, 0) is 37.5 Å². The molecule has 0 aliphatic carbocycles. The van der Waals surface area contributed by atoms with E-state index in [1.54, 1.807) is 23.1 Å². The SMILES string of the molecule is CCCOC(=O)c1cc(C(=O)N(CCC)CCC)cc(-c2ncco2)c1.Cl.Cl. The lowest BCUT2D eigenvalue weighted by molar-refractivity contribution is 0.0505. The van der Waals surface area contributed by atoms with E-state index in [1.165, 1.54) is 12.5 Å². The van der Waals surface area contributed by atoms with Crippen molar-refractivity contribution < 1.29 is 18.7 Å². The highest BCUT2D eigenvalue weighted by Gasteiger charge is 2.19. The monoisotopic (exact) mass is 430 g/mol. The van der Waals surface area contributed by atoms with Crippen molar-refractivity contribution in [3.63, 3.8) is 0 Å². The second kappa shape index (κ2) is 13.2. The van der Waals surface area contributed by atoms with Gasteiger partial charge in [-0.15, -0.1) is 24.8 Å². The Labute approximate surface area is 178 Å². The van der Waals surface area contributed by atoms with Crippen LogP contribution < -0.4 is 0 Å². The summed E-state index contributed by atoms with van der Waals surface area (Å²) in [7, 11) is 0. The van der Waals surface area contributed by atoms with Gasteiger partial charge < -0.3 is 14.1 Å². The molecule has 0 saturated carbocycles. The average Bonchev–Trinajstić information content (AvgIpc) is 3.19. The molecule has 0 unspecified atom stereocenters. The maximum Gasteiger partial charge on any atom is 0.338 e. The number of hydrogen-bond acceptors (Lipinski definition) is 5. The molecule has 2 aromatic rings. The molecule has 1 aromatic carbocycles. The van der Waals surface area contributed by atoms with Gasteiger partial charge in [0.1, 0.15) is 6.26 Å². The van der Waals surface area contributed by atoms with Crippen LogP contribution >= 0.6 is 24.8 Å². The first-order valence-corrected chi connectivity index (χ1v) is 9.12. The maximum absolute atomic E-state index is 13.0. The number of hydrogen-bond donors (Lipinski definition) is 0. The van der Waals surface area contributed by atoms with E-state index >= 15 is 0 Å². The fourth-order valence-corrected chi connectivity index (χ4v) is 2.67. The number of aromatic nitrogens is 1. The van der Waals surface area contributed by atoms with Gasteiger partial charge >= 0.3 is 5.97 Å². The Hall–Kier alpha value is -2.05. The zero-order valence-electron chi connectivity index (χ0n) is 16.5. The number of benzene rings is 1. The van der Waals surface area contributed by atoms with Crippen LogP contribution in [0.15, 0.2) is 35.1 Å². The van der Waals surface area contributed by atoms with Gasteiger partial charge in [-0.3, -0.25) is 4.79 Å². The summed E-state index contributed by atoms with van der Waals surface area (Å²) in [6.45, 7) is 7.68. The van der Waals surface area contributed by atoms with E-state index in [4.69, 9.17) is 9.15 Å². The third-order valence-electron chi connectivity index (χ3n) is 3.81. The fraction of sp³-hybridized carbons (Fsp3) is 0.450. The number of oxazole rings is 1. The molecule has 28 heavy (non-hydrogen) atoms. The van der Waals surface area contributed by atoms with E-state index < -0.39 is 5.97 Å². The molecule has 0 radical (unpaired) electrons. The van der Waals surface area contributed by atoms with Crippen LogP contribution in [0.4, 0.5) is 0 Å². The minimum atomic E-state index is -0.452. The number of nitrogens with zero attached hydrogens (tertiary/aromatic N) is 2. The Morgan fingerprint density at radius 1 is 1.00 bits per heavy atom. The third kappa shape index (κ3) is 6.84. The number of carbonyl (C=O) groups is 2. The molecule has 0 fully saturated rings. The summed E-state index contributed by atoms with van der Waals surface area (Å²) in [6, 6.07) is 4.94. The zero-order chi connectivity index (χ0) is 18.9. The van der Waals surface area contributed by atoms with Crippen LogP contribution in [0.5, 0.6) is 0 Å². The predicted molar refractivity (Wildman–Crippen MR) is 113 cm³/mol. The van der Waals surface area contributed by atoms with Crippen LogP contribution in [0, 0.1) is 0 Å². The highest BCUT2D eigenvalue weighted by atomic mass is 35.5. The van der Waals surface area contributed by atoms with Crippen LogP contribution in [0.2, 0.25) is 0 Å². The number of rotatable bonds is 9. The highest BCUT2D eigenvalue weighted by molar-refractivity contribution is 5.99. The van der Waals surface area contributed by atoms with Crippen molar-refractivity contribution in [1.82, 2.24) is 9.88 Å². The highest BCUT2D eigenvalue weighted by Crippen LogP contribution is 2.23. The molecule has 2 rings (SSSR count). The second-order valence-corrected chi connectivity index (χ2v) is 6.06. The summed E-state index contributed by atoms with van der Waals surface area (Å²) >= 11 is 0. The molecular weight excluding hydrogens is 403 g/mol. The van der Waals surface area contributed by atoms with Crippen LogP contribution in [0.1, 0.15) is 60.7 Å². The van der Waals surface area contributed by atoms with Gasteiger partial charge in [0, 0.05) is 24.2 Å². The minimum absolute atomic E-state index is 0. The molecule has 0 aliphatic heterocycles. The number of esters is 1. The van der Waals surface area contributed by atoms with Gasteiger partial charge in [-0.1, -0.05) is 20.8 Å². The van der Waals surface area contributed by atoms with Crippen molar-refractivity contribution in [3.05, 3.63) is 41.8 Å². The number of halogens is 2. The fourth-order valence-electron chi connectivity index (χ4n) is 2.67. The molecule has 0 spiro atoms. The average molecular weight is 431 g/mol. The van der Waals surface area contributed by atoms with E-state index in [9.17, 15) is 9.59 Å². The second-order valence-electron chi connectivity index (χ2n) is 6.06. The Morgan fingerprint density at radius 2 is 1.64 bits per heavy atom. The van der Waals surface area contributed by atoms with Crippen molar-refractivity contribution in [3.8, 4) is 11.5 Å². The summed E-state index contributed by atoms with van der Waals surface area (Å²) in [5, 5.41) is 0. The maximum atomic E-state index is 13.0. The number of amides is 1. The normalized spacial score (nSPS) is 9.82. The first-order chi connectivity index (χ1) is 12.6. The lowest BCUT2D eigenvalue weighted by Crippen LogP contribution is -2.32. The molecule has 1 aromatic heterocycles. The van der Waals surface area contributed by atoms with Gasteiger partial charge in [0.25, 0.3) is 5.91 Å². The summed E-state index contributed by atoms with van der Waals surface area (Å²) < 4.78 is 10.6. The van der Waals surface area contributed by atoms with Crippen molar-refractivity contribution in [2.75, 3.05) is 19.7 Å². The quantitative estimate of drug-likeness (QED) is 0.522. The minimum Gasteiger partial charge on any atom is -0.462 e. The topological polar surface area (TPSA) is 72.6 Å². The summed E-state index contributed by atoms with van der Waals surface area (Å²) in [5.41, 5.74) is 1.34. The van der Waals surface area contributed by atoms with Crippen LogP contribution in [-0.2, 0) is 4.74 Å². The Kier molecular flexibility index (Phi) is 12.2. The molecule has 156 valence electrons. The molecule has 0 atom stereocenters. The summed E-state index contributed by atoms with van der Waals surface area (Å²) in [4.78, 5) is 31.2. The first-order valence-electron chi connectivity index (χ1n) is 9.12. The molecule has 8 heteroatoms. The molecule has 0 aliphatic rings. The lowest BCUT2D eigenvalue weighted by Gasteiger charge is -2.22. The van der Waals surface area contributed by atoms with E-state index in [-0.39, 0.29) is 30.7 Å². The molecule has 1 heterocycles. The molecule has 1 amide bonds. The molecular formula is C20H28Cl2N2O4. The Bertz CT molecular complexity index is 730. The van der Waals surface area contributed by atoms with Crippen LogP contribution in [0.3, 0.4) is 0 Å². The largest absolute Gasteiger partial charge is 0.462 e. The van der Waals surface area contributed by atoms with E-state index in [0.717, 1.165) is 19.3 Å². The summed E-state index contributed by atoms with van der Waals surface area (Å²) in [6.07, 6.45) is 5.46. The van der Waals surface area contributed by atoms with Crippen LogP contribution in [-0.4, -0.2) is 41.5 Å². The zero-order valence-corrected chi connectivity index (χ0v) is 18.1. The van der Waals surface area contributed by atoms with E-state index in [2.05, 4.69) is 4.98 Å². The van der Waals surface area contributed by atoms with Gasteiger partial charge in [0.15, 0.2) is 0 Å². The van der Waals surface area contributed by atoms with Gasteiger partial charge in [0.2, 0.25) is 5.89 Å². The standard InChI is InChI=1S/C20H26N2O4.2ClH/c1-4-8-22(9-5-2)19(23)16-12-15(18-21-7-11-25-18)13-17(14-16)20(24)26-10-6-3;;/h7,11-14H,4-6,8-10H2,1-3H3;2*1H.